The van der Waals surface area contributed by atoms with Gasteiger partial charge in [-0.15, -0.1) is 0 Å². The van der Waals surface area contributed by atoms with Gasteiger partial charge < -0.3 is 15.8 Å². The summed E-state index contributed by atoms with van der Waals surface area (Å²) in [6, 6.07) is 6.16. The van der Waals surface area contributed by atoms with Gasteiger partial charge in [-0.05, 0) is 19.1 Å². The maximum atomic E-state index is 6.33. The van der Waals surface area contributed by atoms with E-state index in [9.17, 15) is 0 Å². The van der Waals surface area contributed by atoms with Crippen LogP contribution in [0.2, 0.25) is 0 Å². The number of hydrogen-bond donors (Lipinski definition) is 2. The van der Waals surface area contributed by atoms with Crippen LogP contribution in [0.25, 0.3) is 0 Å². The van der Waals surface area contributed by atoms with Crippen LogP contribution in [0, 0.1) is 6.92 Å². The van der Waals surface area contributed by atoms with E-state index in [-0.39, 0.29) is 6.17 Å². The minimum absolute atomic E-state index is 0.0769. The Morgan fingerprint density at radius 2 is 2.06 bits per heavy atom. The Balaban J connectivity index is 2.21. The highest BCUT2D eigenvalue weighted by molar-refractivity contribution is 5.38. The fourth-order valence-electron chi connectivity index (χ4n) is 2.24. The van der Waals surface area contributed by atoms with E-state index in [0.717, 1.165) is 37.5 Å². The molecule has 4 nitrogen and oxygen atoms in total. The van der Waals surface area contributed by atoms with Crippen LogP contribution in [0.15, 0.2) is 18.2 Å². The maximum absolute atomic E-state index is 6.33. The van der Waals surface area contributed by atoms with E-state index < -0.39 is 0 Å². The Hall–Kier alpha value is -1.10. The van der Waals surface area contributed by atoms with Crippen LogP contribution in [-0.2, 0) is 0 Å². The second-order valence-electron chi connectivity index (χ2n) is 4.48. The van der Waals surface area contributed by atoms with Crippen LogP contribution in [0.4, 0.5) is 0 Å². The van der Waals surface area contributed by atoms with E-state index in [1.807, 2.05) is 12.1 Å². The van der Waals surface area contributed by atoms with Crippen molar-refractivity contribution >= 4 is 0 Å². The molecule has 1 fully saturated rings. The molecule has 1 saturated heterocycles. The van der Waals surface area contributed by atoms with E-state index in [1.54, 1.807) is 7.11 Å². The Bertz CT molecular complexity index is 375. The number of hydrogen-bond acceptors (Lipinski definition) is 4. The molecule has 0 aromatic heterocycles. The summed E-state index contributed by atoms with van der Waals surface area (Å²) in [6.07, 6.45) is -0.0769. The number of nitrogens with two attached hydrogens (primary N) is 1. The van der Waals surface area contributed by atoms with Crippen molar-refractivity contribution < 1.29 is 4.74 Å². The average molecular weight is 235 g/mol. The summed E-state index contributed by atoms with van der Waals surface area (Å²) in [7, 11) is 1.69. The molecule has 0 saturated carbocycles. The summed E-state index contributed by atoms with van der Waals surface area (Å²) in [5.74, 6) is 0.877. The molecule has 1 aromatic rings. The van der Waals surface area contributed by atoms with Crippen LogP contribution in [0.1, 0.15) is 17.3 Å². The average Bonchev–Trinajstić information content (AvgIpc) is 2.39. The molecule has 2 rings (SSSR count). The molecule has 0 aliphatic carbocycles. The van der Waals surface area contributed by atoms with E-state index in [1.165, 1.54) is 5.56 Å². The first-order valence-corrected chi connectivity index (χ1v) is 6.07. The fraction of sp³-hybridized carbons (Fsp3) is 0.538. The monoisotopic (exact) mass is 235 g/mol. The van der Waals surface area contributed by atoms with Crippen molar-refractivity contribution in [3.63, 3.8) is 0 Å². The van der Waals surface area contributed by atoms with Crippen molar-refractivity contribution in [1.29, 1.82) is 0 Å². The largest absolute Gasteiger partial charge is 0.496 e. The van der Waals surface area contributed by atoms with Crippen molar-refractivity contribution in [1.82, 2.24) is 10.2 Å². The van der Waals surface area contributed by atoms with Crippen LogP contribution < -0.4 is 15.8 Å². The number of aryl methyl sites for hydroxylation is 1. The minimum Gasteiger partial charge on any atom is -0.496 e. The van der Waals surface area contributed by atoms with Crippen molar-refractivity contribution in [3.8, 4) is 5.75 Å². The van der Waals surface area contributed by atoms with Gasteiger partial charge in [-0.3, -0.25) is 4.90 Å². The topological polar surface area (TPSA) is 50.5 Å². The molecule has 4 heteroatoms. The predicted molar refractivity (Wildman–Crippen MR) is 69.1 cm³/mol. The van der Waals surface area contributed by atoms with Gasteiger partial charge >= 0.3 is 0 Å². The van der Waals surface area contributed by atoms with Gasteiger partial charge in [0, 0.05) is 31.7 Å². The number of nitrogens with one attached hydrogen (secondary N) is 1. The molecule has 0 spiro atoms. The summed E-state index contributed by atoms with van der Waals surface area (Å²) in [5, 5.41) is 3.33. The molecule has 1 aliphatic rings. The fourth-order valence-corrected chi connectivity index (χ4v) is 2.24. The highest BCUT2D eigenvalue weighted by Crippen LogP contribution is 2.27. The third-order valence-electron chi connectivity index (χ3n) is 3.25. The zero-order valence-corrected chi connectivity index (χ0v) is 10.6. The van der Waals surface area contributed by atoms with E-state index in [2.05, 4.69) is 23.2 Å². The van der Waals surface area contributed by atoms with Crippen molar-refractivity contribution in [2.45, 2.75) is 13.1 Å². The number of nitrogens with zero attached hydrogens (tertiary/aromatic N) is 1. The smallest absolute Gasteiger partial charge is 0.124 e. The van der Waals surface area contributed by atoms with Crippen LogP contribution in [0.5, 0.6) is 5.75 Å². The van der Waals surface area contributed by atoms with Crippen molar-refractivity contribution in [2.75, 3.05) is 33.3 Å². The summed E-state index contributed by atoms with van der Waals surface area (Å²) >= 11 is 0. The van der Waals surface area contributed by atoms with E-state index in [4.69, 9.17) is 10.5 Å². The molecule has 0 bridgehead atoms. The Morgan fingerprint density at radius 1 is 1.35 bits per heavy atom. The zero-order valence-electron chi connectivity index (χ0n) is 10.6. The van der Waals surface area contributed by atoms with Gasteiger partial charge in [-0.1, -0.05) is 11.6 Å². The van der Waals surface area contributed by atoms with Crippen LogP contribution in [-0.4, -0.2) is 38.2 Å². The standard InChI is InChI=1S/C13H21N3O/c1-10-3-4-12(17-2)11(9-10)13(14)16-7-5-15-6-8-16/h3-4,9,13,15H,5-8,14H2,1-2H3. The maximum Gasteiger partial charge on any atom is 0.124 e. The van der Waals surface area contributed by atoms with Gasteiger partial charge in [-0.2, -0.15) is 0 Å². The number of ether oxygens (including phenoxy) is 1. The predicted octanol–water partition coefficient (Wildman–Crippen LogP) is 0.866. The Morgan fingerprint density at radius 3 is 2.71 bits per heavy atom. The van der Waals surface area contributed by atoms with Gasteiger partial charge in [0.15, 0.2) is 0 Å². The van der Waals surface area contributed by atoms with Gasteiger partial charge in [-0.25, -0.2) is 0 Å². The quantitative estimate of drug-likeness (QED) is 0.816. The van der Waals surface area contributed by atoms with Crippen LogP contribution >= 0.6 is 0 Å². The summed E-state index contributed by atoms with van der Waals surface area (Å²) < 4.78 is 5.39. The molecule has 1 heterocycles. The molecule has 1 aromatic carbocycles. The second kappa shape index (κ2) is 5.49. The lowest BCUT2D eigenvalue weighted by molar-refractivity contribution is 0.174. The van der Waals surface area contributed by atoms with Crippen LogP contribution in [0.3, 0.4) is 0 Å². The number of piperazine rings is 1. The first-order valence-electron chi connectivity index (χ1n) is 6.07. The molecule has 3 N–H and O–H groups in total. The molecular weight excluding hydrogens is 214 g/mol. The lowest BCUT2D eigenvalue weighted by Crippen LogP contribution is -2.47. The van der Waals surface area contributed by atoms with Gasteiger partial charge in [0.2, 0.25) is 0 Å². The van der Waals surface area contributed by atoms with E-state index in [0.29, 0.717) is 0 Å². The summed E-state index contributed by atoms with van der Waals surface area (Å²) in [6.45, 7) is 6.05. The number of benzene rings is 1. The lowest BCUT2D eigenvalue weighted by atomic mass is 10.1. The molecule has 1 aliphatic heterocycles. The molecule has 1 unspecified atom stereocenters. The van der Waals surface area contributed by atoms with Gasteiger partial charge in [0.1, 0.15) is 5.75 Å². The molecule has 17 heavy (non-hydrogen) atoms. The molecule has 0 radical (unpaired) electrons. The second-order valence-corrected chi connectivity index (χ2v) is 4.48. The zero-order chi connectivity index (χ0) is 12.3. The van der Waals surface area contributed by atoms with Gasteiger partial charge in [0.25, 0.3) is 0 Å². The number of methoxy groups -OCH3 is 1. The molecule has 0 amide bonds. The van der Waals surface area contributed by atoms with Crippen molar-refractivity contribution in [2.24, 2.45) is 5.73 Å². The SMILES string of the molecule is COc1ccc(C)cc1C(N)N1CCNCC1. The highest BCUT2D eigenvalue weighted by atomic mass is 16.5. The van der Waals surface area contributed by atoms with Gasteiger partial charge in [0.05, 0.1) is 13.3 Å². The normalized spacial score (nSPS) is 19.0. The summed E-state index contributed by atoms with van der Waals surface area (Å²) in [4.78, 5) is 2.29. The highest BCUT2D eigenvalue weighted by Gasteiger charge is 2.21. The molecular formula is C13H21N3O. The Labute approximate surface area is 103 Å². The molecule has 94 valence electrons. The lowest BCUT2D eigenvalue weighted by Gasteiger charge is -2.33. The van der Waals surface area contributed by atoms with E-state index >= 15 is 0 Å². The minimum atomic E-state index is -0.0769. The first-order chi connectivity index (χ1) is 8.22. The number of rotatable bonds is 3. The molecule has 1 atom stereocenters. The van der Waals surface area contributed by atoms with Crippen molar-refractivity contribution in [3.05, 3.63) is 29.3 Å². The Kier molecular flexibility index (Phi) is 3.99. The third-order valence-corrected chi connectivity index (χ3v) is 3.25. The summed E-state index contributed by atoms with van der Waals surface area (Å²) in [5.41, 5.74) is 8.63. The first kappa shape index (κ1) is 12.4. The third kappa shape index (κ3) is 2.77.